The van der Waals surface area contributed by atoms with Gasteiger partial charge in [0.05, 0.1) is 17.6 Å². The van der Waals surface area contributed by atoms with Gasteiger partial charge in [0.15, 0.2) is 0 Å². The van der Waals surface area contributed by atoms with E-state index in [0.29, 0.717) is 0 Å². The Morgan fingerprint density at radius 3 is 2.39 bits per heavy atom. The van der Waals surface area contributed by atoms with E-state index in [2.05, 4.69) is 22.8 Å². The van der Waals surface area contributed by atoms with Crippen molar-refractivity contribution in [3.8, 4) is 5.69 Å². The average Bonchev–Trinajstić information content (AvgIpc) is 2.91. The summed E-state index contributed by atoms with van der Waals surface area (Å²) in [5.74, 6) is -0.825. The first-order valence-electron chi connectivity index (χ1n) is 7.53. The molecule has 3 nitrogen and oxygen atoms in total. The van der Waals surface area contributed by atoms with Crippen LogP contribution in [-0.4, -0.2) is 15.6 Å². The van der Waals surface area contributed by atoms with Gasteiger partial charge in [-0.25, -0.2) is 0 Å². The zero-order valence-corrected chi connectivity index (χ0v) is 12.4. The van der Waals surface area contributed by atoms with E-state index in [1.54, 1.807) is 0 Å². The molecular weight excluding hydrogens is 286 g/mol. The first kappa shape index (κ1) is 13.6. The fourth-order valence-electron chi connectivity index (χ4n) is 3.18. The van der Waals surface area contributed by atoms with Crippen LogP contribution >= 0.6 is 0 Å². The van der Waals surface area contributed by atoms with Gasteiger partial charge in [0, 0.05) is 16.5 Å². The first-order chi connectivity index (χ1) is 11.2. The van der Waals surface area contributed by atoms with Crippen molar-refractivity contribution in [1.29, 1.82) is 0 Å². The van der Waals surface area contributed by atoms with Gasteiger partial charge in [0.2, 0.25) is 0 Å². The predicted octanol–water partition coefficient (Wildman–Crippen LogP) is 4.41. The number of carboxylic acids is 1. The number of hydrogen-bond donors (Lipinski definition) is 1. The number of benzene rings is 3. The van der Waals surface area contributed by atoms with Crippen LogP contribution < -0.4 is 0 Å². The number of para-hydroxylation sites is 1. The fourth-order valence-corrected chi connectivity index (χ4v) is 3.18. The minimum Gasteiger partial charge on any atom is -0.481 e. The van der Waals surface area contributed by atoms with E-state index in [1.807, 2.05) is 54.6 Å². The predicted molar refractivity (Wildman–Crippen MR) is 92.1 cm³/mol. The van der Waals surface area contributed by atoms with Crippen molar-refractivity contribution in [3.05, 3.63) is 78.5 Å². The monoisotopic (exact) mass is 301 g/mol. The van der Waals surface area contributed by atoms with Crippen molar-refractivity contribution < 1.29 is 9.90 Å². The van der Waals surface area contributed by atoms with E-state index < -0.39 is 5.97 Å². The van der Waals surface area contributed by atoms with Gasteiger partial charge < -0.3 is 9.67 Å². The van der Waals surface area contributed by atoms with Crippen LogP contribution in [-0.2, 0) is 11.2 Å². The highest BCUT2D eigenvalue weighted by Crippen LogP contribution is 2.29. The molecule has 1 aromatic heterocycles. The van der Waals surface area contributed by atoms with Crippen LogP contribution in [0.1, 0.15) is 5.69 Å². The first-order valence-corrected chi connectivity index (χ1v) is 7.53. The standard InChI is InChI=1S/C20H15NO2/c22-20(23)13-16-12-15-7-2-4-10-18(15)21(16)19-11-5-8-14-6-1-3-9-17(14)19/h1-12H,13H2,(H,22,23). The van der Waals surface area contributed by atoms with E-state index >= 15 is 0 Å². The maximum absolute atomic E-state index is 11.3. The molecule has 0 saturated heterocycles. The molecule has 0 saturated carbocycles. The normalized spacial score (nSPS) is 11.1. The number of carbonyl (C=O) groups is 1. The molecule has 23 heavy (non-hydrogen) atoms. The molecule has 0 spiro atoms. The summed E-state index contributed by atoms with van der Waals surface area (Å²) in [6, 6.07) is 24.3. The summed E-state index contributed by atoms with van der Waals surface area (Å²) in [6.45, 7) is 0. The lowest BCUT2D eigenvalue weighted by atomic mass is 10.1. The molecule has 4 rings (SSSR count). The third-order valence-electron chi connectivity index (χ3n) is 4.13. The van der Waals surface area contributed by atoms with Gasteiger partial charge in [-0.2, -0.15) is 0 Å². The molecule has 0 atom stereocenters. The summed E-state index contributed by atoms with van der Waals surface area (Å²) < 4.78 is 2.06. The molecule has 0 radical (unpaired) electrons. The third-order valence-corrected chi connectivity index (χ3v) is 4.13. The highest BCUT2D eigenvalue weighted by Gasteiger charge is 2.14. The summed E-state index contributed by atoms with van der Waals surface area (Å²) in [5, 5.41) is 12.6. The maximum atomic E-state index is 11.3. The Morgan fingerprint density at radius 2 is 1.57 bits per heavy atom. The smallest absolute Gasteiger partial charge is 0.309 e. The number of nitrogens with zero attached hydrogens (tertiary/aromatic N) is 1. The van der Waals surface area contributed by atoms with Gasteiger partial charge in [0.25, 0.3) is 0 Å². The SMILES string of the molecule is O=C(O)Cc1cc2ccccc2n1-c1cccc2ccccc12. The molecule has 0 aliphatic carbocycles. The van der Waals surface area contributed by atoms with Crippen molar-refractivity contribution >= 4 is 27.6 Å². The van der Waals surface area contributed by atoms with E-state index in [9.17, 15) is 9.90 Å². The largest absolute Gasteiger partial charge is 0.481 e. The van der Waals surface area contributed by atoms with Crippen LogP contribution in [0, 0.1) is 0 Å². The zero-order valence-electron chi connectivity index (χ0n) is 12.4. The van der Waals surface area contributed by atoms with Crippen molar-refractivity contribution in [1.82, 2.24) is 4.57 Å². The van der Waals surface area contributed by atoms with Crippen molar-refractivity contribution in [2.24, 2.45) is 0 Å². The van der Waals surface area contributed by atoms with Gasteiger partial charge in [-0.15, -0.1) is 0 Å². The van der Waals surface area contributed by atoms with Gasteiger partial charge in [-0.05, 0) is 23.6 Å². The molecule has 112 valence electrons. The summed E-state index contributed by atoms with van der Waals surface area (Å²) in [6.07, 6.45) is -0.00208. The fraction of sp³-hybridized carbons (Fsp3) is 0.0500. The Bertz CT molecular complexity index is 1020. The lowest BCUT2D eigenvalue weighted by Crippen LogP contribution is -2.07. The highest BCUT2D eigenvalue weighted by molar-refractivity contribution is 5.94. The van der Waals surface area contributed by atoms with Crippen molar-refractivity contribution in [2.45, 2.75) is 6.42 Å². The Hall–Kier alpha value is -3.07. The molecular formula is C20H15NO2. The second-order valence-corrected chi connectivity index (χ2v) is 5.60. The van der Waals surface area contributed by atoms with Crippen LogP contribution in [0.4, 0.5) is 0 Å². The molecule has 0 bridgehead atoms. The van der Waals surface area contributed by atoms with Crippen LogP contribution in [0.3, 0.4) is 0 Å². The minimum atomic E-state index is -0.825. The summed E-state index contributed by atoms with van der Waals surface area (Å²) >= 11 is 0. The maximum Gasteiger partial charge on any atom is 0.309 e. The van der Waals surface area contributed by atoms with Crippen LogP contribution in [0.2, 0.25) is 0 Å². The van der Waals surface area contributed by atoms with E-state index in [4.69, 9.17) is 0 Å². The zero-order chi connectivity index (χ0) is 15.8. The van der Waals surface area contributed by atoms with E-state index in [0.717, 1.165) is 33.1 Å². The average molecular weight is 301 g/mol. The van der Waals surface area contributed by atoms with Crippen molar-refractivity contribution in [3.63, 3.8) is 0 Å². The third kappa shape index (κ3) is 2.27. The van der Waals surface area contributed by atoms with E-state index in [-0.39, 0.29) is 6.42 Å². The topological polar surface area (TPSA) is 42.2 Å². The van der Waals surface area contributed by atoms with Gasteiger partial charge in [-0.3, -0.25) is 4.79 Å². The lowest BCUT2D eigenvalue weighted by Gasteiger charge is -2.13. The van der Waals surface area contributed by atoms with Gasteiger partial charge in [0.1, 0.15) is 0 Å². The summed E-state index contributed by atoms with van der Waals surface area (Å²) in [4.78, 5) is 11.3. The Kier molecular flexibility index (Phi) is 3.12. The molecule has 1 heterocycles. The minimum absolute atomic E-state index is 0.00208. The molecule has 0 aliphatic heterocycles. The van der Waals surface area contributed by atoms with Crippen molar-refractivity contribution in [2.75, 3.05) is 0 Å². The number of hydrogen-bond acceptors (Lipinski definition) is 1. The number of aliphatic carboxylic acids is 1. The number of rotatable bonds is 3. The van der Waals surface area contributed by atoms with E-state index in [1.165, 1.54) is 0 Å². The number of fused-ring (bicyclic) bond motifs is 2. The molecule has 1 N–H and O–H groups in total. The Morgan fingerprint density at radius 1 is 0.870 bits per heavy atom. The Balaban J connectivity index is 2.08. The van der Waals surface area contributed by atoms with Crippen LogP contribution in [0.25, 0.3) is 27.4 Å². The second-order valence-electron chi connectivity index (χ2n) is 5.60. The quantitative estimate of drug-likeness (QED) is 0.609. The molecule has 0 aliphatic rings. The second kappa shape index (κ2) is 5.29. The van der Waals surface area contributed by atoms with Crippen LogP contribution in [0.15, 0.2) is 72.8 Å². The van der Waals surface area contributed by atoms with Gasteiger partial charge >= 0.3 is 5.97 Å². The summed E-state index contributed by atoms with van der Waals surface area (Å²) in [7, 11) is 0. The molecule has 3 heteroatoms. The highest BCUT2D eigenvalue weighted by atomic mass is 16.4. The molecule has 4 aromatic rings. The lowest BCUT2D eigenvalue weighted by molar-refractivity contribution is -0.136. The summed E-state index contributed by atoms with van der Waals surface area (Å²) in [5.41, 5.74) is 2.83. The molecule has 0 unspecified atom stereocenters. The number of aromatic nitrogens is 1. The molecule has 3 aromatic carbocycles. The van der Waals surface area contributed by atoms with Gasteiger partial charge in [-0.1, -0.05) is 54.6 Å². The molecule has 0 amide bonds. The Labute approximate surface area is 133 Å². The molecule has 0 fully saturated rings. The van der Waals surface area contributed by atoms with Crippen LogP contribution in [0.5, 0.6) is 0 Å². The number of carboxylic acid groups (broad SMARTS) is 1.